The van der Waals surface area contributed by atoms with Crippen molar-refractivity contribution in [3.05, 3.63) is 18.2 Å². The molecule has 0 fully saturated rings. The second kappa shape index (κ2) is 3.57. The van der Waals surface area contributed by atoms with Crippen LogP contribution in [0.5, 0.6) is 0 Å². The Hall–Kier alpha value is -1.36. The van der Waals surface area contributed by atoms with E-state index in [1.165, 1.54) is 0 Å². The van der Waals surface area contributed by atoms with E-state index < -0.39 is 12.0 Å². The van der Waals surface area contributed by atoms with Crippen molar-refractivity contribution in [3.8, 4) is 0 Å². The Kier molecular flexibility index (Phi) is 2.67. The van der Waals surface area contributed by atoms with Crippen molar-refractivity contribution in [1.82, 2.24) is 4.57 Å². The highest BCUT2D eigenvalue weighted by atomic mass is 16.4. The van der Waals surface area contributed by atoms with Crippen LogP contribution in [-0.2, 0) is 25.3 Å². The fourth-order valence-corrected chi connectivity index (χ4v) is 1.21. The number of hydrogen-bond acceptors (Lipinski definition) is 3. The second-order valence-electron chi connectivity index (χ2n) is 3.14. The Labute approximate surface area is 76.4 Å². The number of carbonyl (C=O) groups excluding carboxylic acids is 1. The van der Waals surface area contributed by atoms with E-state index in [1.807, 2.05) is 35.8 Å². The van der Waals surface area contributed by atoms with Crippen molar-refractivity contribution in [2.24, 2.45) is 19.8 Å². The highest BCUT2D eigenvalue weighted by Crippen LogP contribution is 1.97. The van der Waals surface area contributed by atoms with Crippen LogP contribution in [0.15, 0.2) is 12.5 Å². The third kappa shape index (κ3) is 2.29. The molecule has 0 aliphatic heterocycles. The molecule has 0 saturated carbocycles. The molecule has 0 amide bonds. The average Bonchev–Trinajstić information content (AvgIpc) is 2.30. The normalized spacial score (nSPS) is 12.8. The molecule has 0 saturated heterocycles. The van der Waals surface area contributed by atoms with Crippen molar-refractivity contribution in [3.63, 3.8) is 0 Å². The van der Waals surface area contributed by atoms with E-state index >= 15 is 0 Å². The molecule has 0 aliphatic rings. The highest BCUT2D eigenvalue weighted by molar-refractivity contribution is 5.71. The molecule has 0 spiro atoms. The van der Waals surface area contributed by atoms with Gasteiger partial charge in [-0.25, -0.2) is 9.13 Å². The summed E-state index contributed by atoms with van der Waals surface area (Å²) in [7, 11) is 3.71. The molecule has 1 heterocycles. The van der Waals surface area contributed by atoms with Gasteiger partial charge in [-0.3, -0.25) is 0 Å². The van der Waals surface area contributed by atoms with Gasteiger partial charge in [0.05, 0.1) is 26.1 Å². The molecule has 0 aliphatic carbocycles. The van der Waals surface area contributed by atoms with Crippen LogP contribution in [0.2, 0.25) is 0 Å². The molecule has 0 unspecified atom stereocenters. The van der Waals surface area contributed by atoms with Crippen LogP contribution >= 0.6 is 0 Å². The van der Waals surface area contributed by atoms with Gasteiger partial charge in [-0.05, 0) is 0 Å². The van der Waals surface area contributed by atoms with Gasteiger partial charge < -0.3 is 15.6 Å². The molecule has 1 aromatic heterocycles. The fraction of sp³-hybridized carbons (Fsp3) is 0.500. The second-order valence-corrected chi connectivity index (χ2v) is 3.14. The summed E-state index contributed by atoms with van der Waals surface area (Å²) in [5, 5.41) is 10.4. The Balaban J connectivity index is 2.74. The van der Waals surface area contributed by atoms with Crippen molar-refractivity contribution in [1.29, 1.82) is 0 Å². The van der Waals surface area contributed by atoms with Gasteiger partial charge in [0.25, 0.3) is 0 Å². The Morgan fingerprint density at radius 2 is 2.46 bits per heavy atom. The molecule has 72 valence electrons. The molecule has 0 bridgehead atoms. The lowest BCUT2D eigenvalue weighted by Gasteiger charge is -2.09. The first-order valence-corrected chi connectivity index (χ1v) is 3.97. The summed E-state index contributed by atoms with van der Waals surface area (Å²) in [6.07, 6.45) is 3.97. The number of nitrogens with two attached hydrogens (primary N) is 1. The topological polar surface area (TPSA) is 75.0 Å². The van der Waals surface area contributed by atoms with Crippen LogP contribution in [0.1, 0.15) is 5.69 Å². The predicted octanol–water partition coefficient (Wildman–Crippen LogP) is -2.53. The molecule has 5 nitrogen and oxygen atoms in total. The molecule has 1 rings (SSSR count). The van der Waals surface area contributed by atoms with E-state index in [-0.39, 0.29) is 0 Å². The van der Waals surface area contributed by atoms with Crippen LogP contribution in [0.4, 0.5) is 0 Å². The molecule has 0 aromatic carbocycles. The molecular weight excluding hydrogens is 170 g/mol. The van der Waals surface area contributed by atoms with Gasteiger partial charge in [-0.2, -0.15) is 0 Å². The molecule has 2 N–H and O–H groups in total. The maximum Gasteiger partial charge on any atom is 0.243 e. The fourth-order valence-electron chi connectivity index (χ4n) is 1.21. The van der Waals surface area contributed by atoms with Crippen LogP contribution in [0.25, 0.3) is 0 Å². The van der Waals surface area contributed by atoms with Crippen LogP contribution in [-0.4, -0.2) is 16.6 Å². The van der Waals surface area contributed by atoms with E-state index in [1.54, 1.807) is 0 Å². The SMILES string of the molecule is Cn1c[n+](C)cc1C[C@H](N)C(=O)[O-]. The number of imidazole rings is 1. The number of aryl methyl sites for hydroxylation is 2. The summed E-state index contributed by atoms with van der Waals surface area (Å²) in [5.41, 5.74) is 6.22. The number of aliphatic carboxylic acids is 1. The van der Waals surface area contributed by atoms with E-state index in [0.29, 0.717) is 6.42 Å². The zero-order valence-electron chi connectivity index (χ0n) is 7.73. The number of carbonyl (C=O) groups is 1. The Morgan fingerprint density at radius 3 is 2.85 bits per heavy atom. The summed E-state index contributed by atoms with van der Waals surface area (Å²) in [4.78, 5) is 10.4. The van der Waals surface area contributed by atoms with Crippen molar-refractivity contribution in [2.45, 2.75) is 12.5 Å². The smallest absolute Gasteiger partial charge is 0.243 e. The van der Waals surface area contributed by atoms with Gasteiger partial charge in [0.15, 0.2) is 0 Å². The largest absolute Gasteiger partial charge is 0.548 e. The first-order chi connectivity index (χ1) is 6.00. The number of carboxylic acid groups (broad SMARTS) is 1. The first kappa shape index (κ1) is 9.73. The van der Waals surface area contributed by atoms with Crippen LogP contribution < -0.4 is 15.4 Å². The maximum atomic E-state index is 10.4. The summed E-state index contributed by atoms with van der Waals surface area (Å²) in [5.74, 6) is -1.22. The molecule has 1 aromatic rings. The number of nitrogens with zero attached hydrogens (tertiary/aromatic N) is 2. The van der Waals surface area contributed by atoms with Crippen molar-refractivity contribution >= 4 is 5.97 Å². The molecular formula is C8H13N3O2. The molecule has 5 heteroatoms. The monoisotopic (exact) mass is 183 g/mol. The summed E-state index contributed by atoms with van der Waals surface area (Å²) < 4.78 is 3.68. The Morgan fingerprint density at radius 1 is 1.85 bits per heavy atom. The van der Waals surface area contributed by atoms with E-state index in [0.717, 1.165) is 5.69 Å². The zero-order valence-corrected chi connectivity index (χ0v) is 7.73. The number of carboxylic acids is 1. The number of rotatable bonds is 3. The quantitative estimate of drug-likeness (QED) is 0.525. The van der Waals surface area contributed by atoms with Gasteiger partial charge in [-0.15, -0.1) is 0 Å². The third-order valence-electron chi connectivity index (χ3n) is 1.89. The maximum absolute atomic E-state index is 10.4. The van der Waals surface area contributed by atoms with Gasteiger partial charge in [-0.1, -0.05) is 0 Å². The van der Waals surface area contributed by atoms with E-state index in [2.05, 4.69) is 0 Å². The lowest BCUT2D eigenvalue weighted by Crippen LogP contribution is -2.43. The lowest BCUT2D eigenvalue weighted by molar-refractivity contribution is -0.671. The summed E-state index contributed by atoms with van der Waals surface area (Å²) in [6, 6.07) is -0.936. The number of hydrogen-bond donors (Lipinski definition) is 1. The zero-order chi connectivity index (χ0) is 10.0. The van der Waals surface area contributed by atoms with E-state index in [4.69, 9.17) is 5.73 Å². The first-order valence-electron chi connectivity index (χ1n) is 3.97. The van der Waals surface area contributed by atoms with Gasteiger partial charge >= 0.3 is 0 Å². The summed E-state index contributed by atoms with van der Waals surface area (Å²) >= 11 is 0. The van der Waals surface area contributed by atoms with E-state index in [9.17, 15) is 9.90 Å². The van der Waals surface area contributed by atoms with Crippen molar-refractivity contribution in [2.75, 3.05) is 0 Å². The van der Waals surface area contributed by atoms with Crippen LogP contribution in [0, 0.1) is 0 Å². The Bertz CT molecular complexity index is 319. The van der Waals surface area contributed by atoms with Gasteiger partial charge in [0, 0.05) is 6.42 Å². The third-order valence-corrected chi connectivity index (χ3v) is 1.89. The van der Waals surface area contributed by atoms with Crippen LogP contribution in [0.3, 0.4) is 0 Å². The van der Waals surface area contributed by atoms with Crippen molar-refractivity contribution < 1.29 is 14.5 Å². The number of aromatic nitrogens is 2. The van der Waals surface area contributed by atoms with Gasteiger partial charge in [0.2, 0.25) is 6.33 Å². The minimum Gasteiger partial charge on any atom is -0.548 e. The highest BCUT2D eigenvalue weighted by Gasteiger charge is 2.12. The van der Waals surface area contributed by atoms with Gasteiger partial charge in [0.1, 0.15) is 11.9 Å². The lowest BCUT2D eigenvalue weighted by atomic mass is 10.2. The minimum atomic E-state index is -1.22. The summed E-state index contributed by atoms with van der Waals surface area (Å²) in [6.45, 7) is 0. The molecule has 13 heavy (non-hydrogen) atoms. The minimum absolute atomic E-state index is 0.291. The molecule has 0 radical (unpaired) electrons. The predicted molar refractivity (Wildman–Crippen MR) is 43.3 cm³/mol. The molecule has 1 atom stereocenters. The standard InChI is InChI=1S/C8H13N3O2/c1-10-4-6(11(2)5-10)3-7(9)8(12)13/h4-5,7H,3,9H2,1-2H3/t7-/m0/s1. The average molecular weight is 183 g/mol.